The number of hydrogen-bond acceptors (Lipinski definition) is 4. The highest BCUT2D eigenvalue weighted by Crippen LogP contribution is 2.27. The van der Waals surface area contributed by atoms with Gasteiger partial charge in [-0.25, -0.2) is 0 Å². The molecular weight excluding hydrogens is 348 g/mol. The molecular formula is C23H44N4O. The molecule has 0 spiro atoms. The van der Waals surface area contributed by atoms with Crippen molar-refractivity contribution < 1.29 is 4.79 Å². The topological polar surface area (TPSA) is 30.0 Å². The minimum absolute atomic E-state index is 0.279. The van der Waals surface area contributed by atoms with Crippen molar-refractivity contribution in [3.8, 4) is 0 Å². The Labute approximate surface area is 173 Å². The molecule has 3 rings (SSSR count). The summed E-state index contributed by atoms with van der Waals surface area (Å²) >= 11 is 0. The van der Waals surface area contributed by atoms with E-state index in [1.807, 2.05) is 0 Å². The molecule has 3 saturated heterocycles. The molecule has 0 saturated carbocycles. The van der Waals surface area contributed by atoms with Gasteiger partial charge in [-0.05, 0) is 64.5 Å². The molecule has 0 bridgehead atoms. The van der Waals surface area contributed by atoms with E-state index in [4.69, 9.17) is 0 Å². The molecule has 5 nitrogen and oxygen atoms in total. The second-order valence-electron chi connectivity index (χ2n) is 9.99. The normalized spacial score (nSPS) is 25.1. The molecule has 0 N–H and O–H groups in total. The highest BCUT2D eigenvalue weighted by molar-refractivity contribution is 5.79. The molecule has 162 valence electrons. The lowest BCUT2D eigenvalue weighted by Gasteiger charge is -2.39. The first-order valence-corrected chi connectivity index (χ1v) is 11.9. The van der Waals surface area contributed by atoms with Gasteiger partial charge in [-0.15, -0.1) is 0 Å². The summed E-state index contributed by atoms with van der Waals surface area (Å²) < 4.78 is 0. The van der Waals surface area contributed by atoms with Gasteiger partial charge in [-0.1, -0.05) is 13.8 Å². The number of piperazine rings is 1. The molecule has 28 heavy (non-hydrogen) atoms. The van der Waals surface area contributed by atoms with Crippen LogP contribution < -0.4 is 0 Å². The van der Waals surface area contributed by atoms with Crippen LogP contribution in [0, 0.1) is 17.8 Å². The Bertz CT molecular complexity index is 471. The summed E-state index contributed by atoms with van der Waals surface area (Å²) in [5.41, 5.74) is 0. The zero-order valence-corrected chi connectivity index (χ0v) is 18.9. The van der Waals surface area contributed by atoms with Crippen LogP contribution >= 0.6 is 0 Å². The number of amides is 1. The monoisotopic (exact) mass is 392 g/mol. The molecule has 3 fully saturated rings. The molecule has 5 heteroatoms. The van der Waals surface area contributed by atoms with E-state index in [-0.39, 0.29) is 5.92 Å². The van der Waals surface area contributed by atoms with Gasteiger partial charge in [0.2, 0.25) is 5.91 Å². The molecule has 0 unspecified atom stereocenters. The number of carbonyl (C=O) groups excluding carboxylic acids is 1. The Kier molecular flexibility index (Phi) is 8.19. The first-order chi connectivity index (χ1) is 13.4. The van der Waals surface area contributed by atoms with Gasteiger partial charge in [0.1, 0.15) is 0 Å². The third-order valence-electron chi connectivity index (χ3n) is 7.60. The molecule has 0 aromatic rings. The fourth-order valence-electron chi connectivity index (χ4n) is 5.23. The van der Waals surface area contributed by atoms with Gasteiger partial charge < -0.3 is 9.80 Å². The van der Waals surface area contributed by atoms with Crippen LogP contribution in [0.5, 0.6) is 0 Å². The van der Waals surface area contributed by atoms with Gasteiger partial charge in [0.05, 0.1) is 0 Å². The summed E-state index contributed by atoms with van der Waals surface area (Å²) in [6.45, 7) is 20.6. The largest absolute Gasteiger partial charge is 0.342 e. The summed E-state index contributed by atoms with van der Waals surface area (Å²) in [5.74, 6) is 2.30. The van der Waals surface area contributed by atoms with Gasteiger partial charge in [0.15, 0.2) is 0 Å². The highest BCUT2D eigenvalue weighted by atomic mass is 16.2. The average molecular weight is 393 g/mol. The molecule has 0 aromatic carbocycles. The maximum Gasteiger partial charge on any atom is 0.225 e. The van der Waals surface area contributed by atoms with Crippen LogP contribution in [0.2, 0.25) is 0 Å². The zero-order chi connectivity index (χ0) is 20.1. The van der Waals surface area contributed by atoms with Gasteiger partial charge in [-0.3, -0.25) is 14.6 Å². The SMILES string of the molecule is CC(C)C1CCN(C(=O)C2CCN(CCN3CCN(C(C)C)CC3)CC2)CC1. The van der Waals surface area contributed by atoms with E-state index in [2.05, 4.69) is 47.3 Å². The van der Waals surface area contributed by atoms with Crippen LogP contribution in [-0.2, 0) is 4.79 Å². The summed E-state index contributed by atoms with van der Waals surface area (Å²) in [4.78, 5) is 22.9. The molecule has 0 atom stereocenters. The lowest BCUT2D eigenvalue weighted by Crippen LogP contribution is -2.51. The third kappa shape index (κ3) is 5.93. The van der Waals surface area contributed by atoms with Crippen LogP contribution in [0.1, 0.15) is 53.4 Å². The predicted octanol–water partition coefficient (Wildman–Crippen LogP) is 2.62. The first-order valence-electron chi connectivity index (χ1n) is 11.9. The van der Waals surface area contributed by atoms with Crippen molar-refractivity contribution in [1.82, 2.24) is 19.6 Å². The molecule has 0 radical (unpaired) electrons. The van der Waals surface area contributed by atoms with Crippen molar-refractivity contribution in [1.29, 1.82) is 0 Å². The fourth-order valence-corrected chi connectivity index (χ4v) is 5.23. The molecule has 3 aliphatic heterocycles. The van der Waals surface area contributed by atoms with Crippen molar-refractivity contribution in [2.24, 2.45) is 17.8 Å². The van der Waals surface area contributed by atoms with Gasteiger partial charge >= 0.3 is 0 Å². The van der Waals surface area contributed by atoms with E-state index in [9.17, 15) is 4.79 Å². The van der Waals surface area contributed by atoms with Crippen LogP contribution in [0.3, 0.4) is 0 Å². The van der Waals surface area contributed by atoms with E-state index < -0.39 is 0 Å². The average Bonchev–Trinajstić information content (AvgIpc) is 2.72. The number of piperidine rings is 2. The van der Waals surface area contributed by atoms with Crippen molar-refractivity contribution in [2.45, 2.75) is 59.4 Å². The number of rotatable bonds is 6. The van der Waals surface area contributed by atoms with Gasteiger partial charge in [0, 0.05) is 64.3 Å². The number of likely N-dealkylation sites (tertiary alicyclic amines) is 2. The van der Waals surface area contributed by atoms with Crippen LogP contribution in [0.15, 0.2) is 0 Å². The quantitative estimate of drug-likeness (QED) is 0.695. The molecule has 3 heterocycles. The Balaban J connectivity index is 1.32. The lowest BCUT2D eigenvalue weighted by atomic mass is 9.86. The summed E-state index contributed by atoms with van der Waals surface area (Å²) in [5, 5.41) is 0. The van der Waals surface area contributed by atoms with E-state index in [0.29, 0.717) is 11.9 Å². The first kappa shape index (κ1) is 22.0. The summed E-state index contributed by atoms with van der Waals surface area (Å²) in [6.07, 6.45) is 4.52. The summed E-state index contributed by atoms with van der Waals surface area (Å²) in [6, 6.07) is 0.676. The standard InChI is InChI=1S/C23H44N4O/c1-19(2)21-7-11-27(12-8-21)23(28)22-5-9-24(10-6-22)13-14-25-15-17-26(18-16-25)20(3)4/h19-22H,5-18H2,1-4H3. The van der Waals surface area contributed by atoms with E-state index in [0.717, 1.165) is 50.9 Å². The van der Waals surface area contributed by atoms with Crippen molar-refractivity contribution in [2.75, 3.05) is 65.4 Å². The maximum absolute atomic E-state index is 12.9. The zero-order valence-electron chi connectivity index (χ0n) is 18.9. The Hall–Kier alpha value is -0.650. The number of hydrogen-bond donors (Lipinski definition) is 0. The van der Waals surface area contributed by atoms with Crippen molar-refractivity contribution >= 4 is 5.91 Å². The second kappa shape index (κ2) is 10.4. The van der Waals surface area contributed by atoms with Crippen LogP contribution in [0.4, 0.5) is 0 Å². The van der Waals surface area contributed by atoms with Crippen molar-refractivity contribution in [3.63, 3.8) is 0 Å². The predicted molar refractivity (Wildman–Crippen MR) is 116 cm³/mol. The van der Waals surface area contributed by atoms with E-state index in [1.165, 1.54) is 52.1 Å². The summed E-state index contributed by atoms with van der Waals surface area (Å²) in [7, 11) is 0. The smallest absolute Gasteiger partial charge is 0.225 e. The highest BCUT2D eigenvalue weighted by Gasteiger charge is 2.31. The molecule has 0 aliphatic carbocycles. The minimum atomic E-state index is 0.279. The maximum atomic E-state index is 12.9. The van der Waals surface area contributed by atoms with Crippen molar-refractivity contribution in [3.05, 3.63) is 0 Å². The Morgan fingerprint density at radius 1 is 0.750 bits per heavy atom. The molecule has 3 aliphatic rings. The third-order valence-corrected chi connectivity index (χ3v) is 7.60. The molecule has 1 amide bonds. The Morgan fingerprint density at radius 2 is 1.29 bits per heavy atom. The number of carbonyl (C=O) groups is 1. The lowest BCUT2D eigenvalue weighted by molar-refractivity contribution is -0.138. The second-order valence-corrected chi connectivity index (χ2v) is 9.99. The van der Waals surface area contributed by atoms with Crippen LogP contribution in [-0.4, -0.2) is 97.0 Å². The minimum Gasteiger partial charge on any atom is -0.342 e. The van der Waals surface area contributed by atoms with E-state index in [1.54, 1.807) is 0 Å². The fraction of sp³-hybridized carbons (Fsp3) is 0.957. The number of nitrogens with zero attached hydrogens (tertiary/aromatic N) is 4. The Morgan fingerprint density at radius 3 is 1.79 bits per heavy atom. The van der Waals surface area contributed by atoms with E-state index >= 15 is 0 Å². The van der Waals surface area contributed by atoms with Crippen LogP contribution in [0.25, 0.3) is 0 Å². The molecule has 0 aromatic heterocycles. The van der Waals surface area contributed by atoms with Gasteiger partial charge in [0.25, 0.3) is 0 Å². The van der Waals surface area contributed by atoms with Gasteiger partial charge in [-0.2, -0.15) is 0 Å².